The third-order valence-corrected chi connectivity index (χ3v) is 3.87. The van der Waals surface area contributed by atoms with Crippen molar-refractivity contribution in [1.82, 2.24) is 15.3 Å². The number of amidine groups is 1. The maximum Gasteiger partial charge on any atom is 0.407 e. The lowest BCUT2D eigenvalue weighted by Crippen LogP contribution is -2.41. The summed E-state index contributed by atoms with van der Waals surface area (Å²) in [5.74, 6) is -0.315. The Kier molecular flexibility index (Phi) is 4.51. The molecule has 4 N–H and O–H groups in total. The molecule has 0 saturated carbocycles. The maximum absolute atomic E-state index is 11.9. The van der Waals surface area contributed by atoms with E-state index in [0.29, 0.717) is 30.9 Å². The van der Waals surface area contributed by atoms with E-state index in [0.717, 1.165) is 0 Å². The lowest BCUT2D eigenvalue weighted by Gasteiger charge is -2.28. The van der Waals surface area contributed by atoms with Gasteiger partial charge in [0.15, 0.2) is 10.8 Å². The van der Waals surface area contributed by atoms with Gasteiger partial charge in [0.1, 0.15) is 0 Å². The summed E-state index contributed by atoms with van der Waals surface area (Å²) in [4.78, 5) is 27.9. The number of likely N-dealkylation sites (tertiary alicyclic amines) is 1. The number of hydrogen-bond acceptors (Lipinski definition) is 5. The summed E-state index contributed by atoms with van der Waals surface area (Å²) >= 11 is 1.33. The van der Waals surface area contributed by atoms with Gasteiger partial charge in [-0.15, -0.1) is 11.3 Å². The number of nitrogens with one attached hydrogen (secondary N) is 1. The fourth-order valence-electron chi connectivity index (χ4n) is 1.94. The van der Waals surface area contributed by atoms with Crippen LogP contribution in [0, 0.1) is 5.92 Å². The molecule has 2 rings (SSSR count). The average Bonchev–Trinajstić information content (AvgIpc) is 2.98. The standard InChI is InChI=1S/C11H15N5O3S/c12-8(10-13-3-6-20-10)14-15-9(17)7-1-4-16(5-2-7)11(18)19/h3,6-7H,1-2,4-5H2,(H2,12,14)(H,15,17)(H,18,19). The fourth-order valence-corrected chi connectivity index (χ4v) is 2.48. The number of nitrogens with zero attached hydrogens (tertiary/aromatic N) is 3. The molecule has 9 heteroatoms. The van der Waals surface area contributed by atoms with Gasteiger partial charge in [-0.1, -0.05) is 0 Å². The molecule has 1 aromatic rings. The fraction of sp³-hybridized carbons (Fsp3) is 0.455. The summed E-state index contributed by atoms with van der Waals surface area (Å²) in [7, 11) is 0. The van der Waals surface area contributed by atoms with Gasteiger partial charge in [-0.3, -0.25) is 4.79 Å². The minimum absolute atomic E-state index is 0.163. The lowest BCUT2D eigenvalue weighted by atomic mass is 9.96. The summed E-state index contributed by atoms with van der Waals surface area (Å²) in [5.41, 5.74) is 8.09. The van der Waals surface area contributed by atoms with Crippen molar-refractivity contribution in [2.24, 2.45) is 16.8 Å². The molecule has 1 saturated heterocycles. The number of amides is 2. The van der Waals surface area contributed by atoms with Crippen LogP contribution in [-0.4, -0.2) is 45.9 Å². The molecule has 108 valence electrons. The monoisotopic (exact) mass is 297 g/mol. The van der Waals surface area contributed by atoms with Crippen LogP contribution in [0.4, 0.5) is 4.79 Å². The number of carbonyl (C=O) groups is 2. The quantitative estimate of drug-likeness (QED) is 0.420. The summed E-state index contributed by atoms with van der Waals surface area (Å²) in [5, 5.41) is 14.9. The van der Waals surface area contributed by atoms with Crippen molar-refractivity contribution in [2.45, 2.75) is 12.8 Å². The van der Waals surface area contributed by atoms with Gasteiger partial charge in [0.25, 0.3) is 0 Å². The van der Waals surface area contributed by atoms with E-state index >= 15 is 0 Å². The molecule has 0 bridgehead atoms. The van der Waals surface area contributed by atoms with E-state index in [-0.39, 0.29) is 17.7 Å². The predicted octanol–water partition coefficient (Wildman–Crippen LogP) is 0.270. The van der Waals surface area contributed by atoms with Gasteiger partial charge in [0, 0.05) is 30.6 Å². The minimum Gasteiger partial charge on any atom is -0.465 e. The molecule has 1 aromatic heterocycles. The average molecular weight is 297 g/mol. The van der Waals surface area contributed by atoms with Gasteiger partial charge in [0.05, 0.1) is 0 Å². The van der Waals surface area contributed by atoms with Crippen molar-refractivity contribution in [3.63, 3.8) is 0 Å². The van der Waals surface area contributed by atoms with Crippen molar-refractivity contribution in [3.05, 3.63) is 16.6 Å². The number of hydrogen-bond donors (Lipinski definition) is 3. The first-order valence-corrected chi connectivity index (χ1v) is 6.96. The Bertz CT molecular complexity index is 508. The van der Waals surface area contributed by atoms with Gasteiger partial charge in [-0.2, -0.15) is 5.10 Å². The second-order valence-electron chi connectivity index (χ2n) is 4.35. The second-order valence-corrected chi connectivity index (χ2v) is 5.25. The first-order valence-electron chi connectivity index (χ1n) is 6.08. The van der Waals surface area contributed by atoms with Crippen molar-refractivity contribution in [1.29, 1.82) is 0 Å². The number of thiazole rings is 1. The maximum atomic E-state index is 11.9. The van der Waals surface area contributed by atoms with E-state index in [9.17, 15) is 9.59 Å². The highest BCUT2D eigenvalue weighted by Crippen LogP contribution is 2.17. The van der Waals surface area contributed by atoms with Crippen molar-refractivity contribution in [3.8, 4) is 0 Å². The van der Waals surface area contributed by atoms with Gasteiger partial charge in [-0.25, -0.2) is 15.2 Å². The first-order chi connectivity index (χ1) is 9.58. The summed E-state index contributed by atoms with van der Waals surface area (Å²) in [6.07, 6.45) is 1.64. The third kappa shape index (κ3) is 3.44. The Morgan fingerprint density at radius 2 is 2.20 bits per heavy atom. The Hall–Kier alpha value is -2.16. The number of nitrogens with two attached hydrogens (primary N) is 1. The SMILES string of the molecule is NC(=NNC(=O)C1CCN(C(=O)O)CC1)c1nccs1. The van der Waals surface area contributed by atoms with Gasteiger partial charge in [-0.05, 0) is 12.8 Å². The molecule has 0 radical (unpaired) electrons. The smallest absolute Gasteiger partial charge is 0.407 e. The first kappa shape index (κ1) is 14.3. The van der Waals surface area contributed by atoms with Crippen LogP contribution >= 0.6 is 11.3 Å². The van der Waals surface area contributed by atoms with Crippen LogP contribution in [0.1, 0.15) is 17.8 Å². The number of aromatic nitrogens is 1. The van der Waals surface area contributed by atoms with Crippen LogP contribution in [0.2, 0.25) is 0 Å². The van der Waals surface area contributed by atoms with Crippen LogP contribution in [-0.2, 0) is 4.79 Å². The van der Waals surface area contributed by atoms with Gasteiger partial charge in [0.2, 0.25) is 5.91 Å². The highest BCUT2D eigenvalue weighted by Gasteiger charge is 2.27. The third-order valence-electron chi connectivity index (χ3n) is 3.07. The molecule has 0 spiro atoms. The van der Waals surface area contributed by atoms with Crippen LogP contribution in [0.25, 0.3) is 0 Å². The van der Waals surface area contributed by atoms with E-state index in [1.807, 2.05) is 0 Å². The highest BCUT2D eigenvalue weighted by molar-refractivity contribution is 7.11. The molecular weight excluding hydrogens is 282 g/mol. The summed E-state index contributed by atoms with van der Waals surface area (Å²) < 4.78 is 0. The molecule has 8 nitrogen and oxygen atoms in total. The molecule has 0 atom stereocenters. The van der Waals surface area contributed by atoms with Crippen molar-refractivity contribution >= 4 is 29.2 Å². The normalized spacial score (nSPS) is 17.0. The molecule has 1 aliphatic heterocycles. The second kappa shape index (κ2) is 6.33. The summed E-state index contributed by atoms with van der Waals surface area (Å²) in [6.45, 7) is 0.720. The Morgan fingerprint density at radius 1 is 1.50 bits per heavy atom. The molecule has 2 heterocycles. The van der Waals surface area contributed by atoms with Gasteiger partial charge >= 0.3 is 6.09 Å². The molecule has 0 unspecified atom stereocenters. The zero-order valence-electron chi connectivity index (χ0n) is 10.7. The molecule has 1 fully saturated rings. The van der Waals surface area contributed by atoms with E-state index in [1.54, 1.807) is 11.6 Å². The van der Waals surface area contributed by atoms with E-state index < -0.39 is 6.09 Å². The van der Waals surface area contributed by atoms with Crippen molar-refractivity contribution in [2.75, 3.05) is 13.1 Å². The molecule has 1 aliphatic rings. The Labute approximate surface area is 119 Å². The topological polar surface area (TPSA) is 121 Å². The number of carboxylic acid groups (broad SMARTS) is 1. The highest BCUT2D eigenvalue weighted by atomic mass is 32.1. The molecule has 2 amide bonds. The van der Waals surface area contributed by atoms with E-state index in [1.165, 1.54) is 16.2 Å². The van der Waals surface area contributed by atoms with Crippen LogP contribution < -0.4 is 11.2 Å². The molecule has 0 aromatic carbocycles. The Balaban J connectivity index is 1.84. The number of rotatable bonds is 3. The largest absolute Gasteiger partial charge is 0.465 e. The zero-order valence-corrected chi connectivity index (χ0v) is 11.5. The van der Waals surface area contributed by atoms with E-state index in [4.69, 9.17) is 10.8 Å². The van der Waals surface area contributed by atoms with Crippen LogP contribution in [0.5, 0.6) is 0 Å². The van der Waals surface area contributed by atoms with E-state index in [2.05, 4.69) is 15.5 Å². The molecule has 0 aliphatic carbocycles. The zero-order chi connectivity index (χ0) is 14.5. The number of carbonyl (C=O) groups excluding carboxylic acids is 1. The summed E-state index contributed by atoms with van der Waals surface area (Å²) in [6, 6.07) is 0. The van der Waals surface area contributed by atoms with Gasteiger partial charge < -0.3 is 15.7 Å². The Morgan fingerprint density at radius 3 is 2.75 bits per heavy atom. The van der Waals surface area contributed by atoms with Crippen LogP contribution in [0.3, 0.4) is 0 Å². The number of hydrazone groups is 1. The van der Waals surface area contributed by atoms with Crippen molar-refractivity contribution < 1.29 is 14.7 Å². The number of piperidine rings is 1. The molecule has 20 heavy (non-hydrogen) atoms. The minimum atomic E-state index is -0.949. The molecular formula is C11H15N5O3S. The van der Waals surface area contributed by atoms with Crippen LogP contribution in [0.15, 0.2) is 16.7 Å². The predicted molar refractivity (Wildman–Crippen MR) is 73.3 cm³/mol. The lowest BCUT2D eigenvalue weighted by molar-refractivity contribution is -0.126.